The van der Waals surface area contributed by atoms with E-state index < -0.39 is 107 Å². The third kappa shape index (κ3) is 38.1. The predicted octanol–water partition coefficient (Wildman–Crippen LogP) is 4.52. The van der Waals surface area contributed by atoms with Gasteiger partial charge in [-0.05, 0) is 107 Å². The van der Waals surface area contributed by atoms with Crippen molar-refractivity contribution in [3.63, 3.8) is 0 Å². The second-order valence-corrected chi connectivity index (χ2v) is 24.5. The number of rotatable bonds is 52. The van der Waals surface area contributed by atoms with Crippen molar-refractivity contribution >= 4 is 83.1 Å². The number of nitrogens with zero attached hydrogens (tertiary/aromatic N) is 4. The molecule has 0 aliphatic rings. The van der Waals surface area contributed by atoms with Crippen LogP contribution >= 0.6 is 0 Å². The number of esters is 2. The van der Waals surface area contributed by atoms with Crippen LogP contribution in [0.15, 0.2) is 0 Å². The third-order valence-electron chi connectivity index (χ3n) is 14.6. The highest BCUT2D eigenvalue weighted by molar-refractivity contribution is 5.91. The van der Waals surface area contributed by atoms with Gasteiger partial charge in [-0.15, -0.1) is 0 Å². The summed E-state index contributed by atoms with van der Waals surface area (Å²) in [6, 6.07) is -4.33. The number of hydrogen-bond donors (Lipinski definition) is 8. The van der Waals surface area contributed by atoms with Crippen LogP contribution < -0.4 is 21.3 Å². The molecule has 28 heteroatoms. The van der Waals surface area contributed by atoms with E-state index >= 15 is 0 Å². The molecule has 0 rings (SSSR count). The molecule has 91 heavy (non-hydrogen) atoms. The lowest BCUT2D eigenvalue weighted by Crippen LogP contribution is -2.52. The monoisotopic (exact) mass is 1300 g/mol. The molecule has 0 fully saturated rings. The maximum atomic E-state index is 15.0. The first-order chi connectivity index (χ1) is 42.9. The fourth-order valence-corrected chi connectivity index (χ4v) is 10.1. The standard InChI is InChI=1S/C63H108N8O20/c1-42(2)38-46(63(89)67-33-15-29-59(85)91-10)68(50(72)20-11-28-58(84)90-9)34-16-22-52(74)69(35-17-23-53(75)71(37-19-27-57(82)83)49(41-45(7)8)62(88)66-32-14-25-55(78)79)47(39-43(3)4)60(86)64-30-12-21-51(73)70(36-18-26-56(80)81)48(40-44(5)6)61(87)65-31-13-24-54(76)77/h42-49H,11-41H2,1-10H3,(H,64,86)(H,65,87)(H,66,88)(H,67,89)(H,76,77)(H,78,79)(H,80,81)(H,82,83). The van der Waals surface area contributed by atoms with Crippen molar-refractivity contribution in [3.8, 4) is 0 Å². The topological polar surface area (TPSA) is 399 Å². The summed E-state index contributed by atoms with van der Waals surface area (Å²) >= 11 is 0. The van der Waals surface area contributed by atoms with Gasteiger partial charge in [0.1, 0.15) is 24.2 Å². The van der Waals surface area contributed by atoms with Crippen molar-refractivity contribution < 1.29 is 97.0 Å². The number of aliphatic carboxylic acids is 4. The van der Waals surface area contributed by atoms with Gasteiger partial charge in [0.25, 0.3) is 0 Å². The van der Waals surface area contributed by atoms with Crippen LogP contribution in [-0.4, -0.2) is 214 Å². The van der Waals surface area contributed by atoms with Crippen LogP contribution in [0, 0.1) is 23.7 Å². The minimum Gasteiger partial charge on any atom is -0.481 e. The highest BCUT2D eigenvalue weighted by Crippen LogP contribution is 2.22. The van der Waals surface area contributed by atoms with Crippen LogP contribution in [0.5, 0.6) is 0 Å². The van der Waals surface area contributed by atoms with E-state index in [1.807, 2.05) is 55.4 Å². The van der Waals surface area contributed by atoms with Gasteiger partial charge in [-0.2, -0.15) is 0 Å². The summed E-state index contributed by atoms with van der Waals surface area (Å²) in [4.78, 5) is 188. The van der Waals surface area contributed by atoms with E-state index in [1.54, 1.807) is 0 Å². The van der Waals surface area contributed by atoms with Gasteiger partial charge in [0.2, 0.25) is 47.3 Å². The van der Waals surface area contributed by atoms with Crippen LogP contribution in [0.1, 0.15) is 203 Å². The Bertz CT molecular complexity index is 2330. The van der Waals surface area contributed by atoms with E-state index in [4.69, 9.17) is 19.7 Å². The summed E-state index contributed by atoms with van der Waals surface area (Å²) in [5, 5.41) is 48.3. The molecule has 28 nitrogen and oxygen atoms in total. The number of methoxy groups -OCH3 is 2. The maximum Gasteiger partial charge on any atom is 0.305 e. The molecule has 0 saturated heterocycles. The first-order valence-electron chi connectivity index (χ1n) is 32.2. The molecule has 0 radical (unpaired) electrons. The lowest BCUT2D eigenvalue weighted by molar-refractivity contribution is -0.144. The molecule has 0 saturated carbocycles. The van der Waals surface area contributed by atoms with Crippen molar-refractivity contribution in [1.82, 2.24) is 40.9 Å². The summed E-state index contributed by atoms with van der Waals surface area (Å²) in [6.45, 7) is 14.2. The van der Waals surface area contributed by atoms with Crippen molar-refractivity contribution in [1.29, 1.82) is 0 Å². The van der Waals surface area contributed by atoms with E-state index in [0.29, 0.717) is 0 Å². The molecule has 0 aromatic carbocycles. The predicted molar refractivity (Wildman–Crippen MR) is 334 cm³/mol. The van der Waals surface area contributed by atoms with Gasteiger partial charge in [0, 0.05) is 117 Å². The van der Waals surface area contributed by atoms with Gasteiger partial charge >= 0.3 is 35.8 Å². The molecular formula is C63H108N8O20. The zero-order chi connectivity index (χ0) is 69.2. The van der Waals surface area contributed by atoms with Crippen molar-refractivity contribution in [2.24, 2.45) is 23.7 Å². The molecule has 0 aromatic heterocycles. The second kappa shape index (κ2) is 47.5. The molecule has 0 aliphatic carbocycles. The Morgan fingerprint density at radius 3 is 0.736 bits per heavy atom. The van der Waals surface area contributed by atoms with E-state index in [2.05, 4.69) is 21.3 Å². The molecule has 4 unspecified atom stereocenters. The number of carboxylic acid groups (broad SMARTS) is 4. The second-order valence-electron chi connectivity index (χ2n) is 24.5. The van der Waals surface area contributed by atoms with E-state index in [0.717, 1.165) is 0 Å². The van der Waals surface area contributed by atoms with E-state index in [1.165, 1.54) is 33.8 Å². The summed E-state index contributed by atoms with van der Waals surface area (Å²) in [6.07, 6.45) is -0.792. The Morgan fingerprint density at radius 1 is 0.297 bits per heavy atom. The lowest BCUT2D eigenvalue weighted by atomic mass is 9.99. The number of carbonyl (C=O) groups excluding carboxylic acids is 10. The zero-order valence-corrected chi connectivity index (χ0v) is 55.6. The minimum atomic E-state index is -1.19. The Morgan fingerprint density at radius 2 is 0.495 bits per heavy atom. The summed E-state index contributed by atoms with van der Waals surface area (Å²) in [5.74, 6) is -10.3. The number of carboxylic acids is 4. The fraction of sp³-hybridized carbons (Fsp3) is 0.778. The van der Waals surface area contributed by atoms with Crippen molar-refractivity contribution in [2.45, 2.75) is 227 Å². The van der Waals surface area contributed by atoms with Crippen LogP contribution in [0.25, 0.3) is 0 Å². The molecule has 0 aliphatic heterocycles. The van der Waals surface area contributed by atoms with Gasteiger partial charge in [-0.25, -0.2) is 0 Å². The van der Waals surface area contributed by atoms with Gasteiger partial charge < -0.3 is 70.8 Å². The van der Waals surface area contributed by atoms with Crippen molar-refractivity contribution in [2.75, 3.05) is 66.6 Å². The normalized spacial score (nSPS) is 12.5. The molecule has 0 heterocycles. The minimum absolute atomic E-state index is 0.00169. The summed E-state index contributed by atoms with van der Waals surface area (Å²) in [7, 11) is 2.46. The summed E-state index contributed by atoms with van der Waals surface area (Å²) in [5.41, 5.74) is 0. The molecule has 4 atom stereocenters. The molecule has 8 amide bonds. The van der Waals surface area contributed by atoms with Gasteiger partial charge in [-0.1, -0.05) is 55.4 Å². The average molecular weight is 1300 g/mol. The SMILES string of the molecule is COC(=O)CCCNC(=O)C(CC(C)C)N(CCCC(=O)N(CCCC(=O)N(CCCC(=O)O)C(CC(C)C)C(=O)NCCCC(=O)O)C(CC(C)C)C(=O)NCCCC(=O)N(CCCC(=O)O)C(CC(C)C)C(=O)NCCCC(=O)O)C(=O)CCCC(=O)OC. The highest BCUT2D eigenvalue weighted by Gasteiger charge is 2.36. The molecule has 520 valence electrons. The Labute approximate surface area is 536 Å². The largest absolute Gasteiger partial charge is 0.481 e. The summed E-state index contributed by atoms with van der Waals surface area (Å²) < 4.78 is 9.48. The zero-order valence-electron chi connectivity index (χ0n) is 55.6. The highest BCUT2D eigenvalue weighted by atomic mass is 16.5. The fourth-order valence-electron chi connectivity index (χ4n) is 10.1. The Hall–Kier alpha value is -7.42. The Kier molecular flexibility index (Phi) is 43.6. The Balaban J connectivity index is 7.46. The molecule has 8 N–H and O–H groups in total. The molecule has 0 aromatic rings. The third-order valence-corrected chi connectivity index (χ3v) is 14.6. The first-order valence-corrected chi connectivity index (χ1v) is 32.2. The van der Waals surface area contributed by atoms with E-state index in [-0.39, 0.29) is 224 Å². The van der Waals surface area contributed by atoms with Crippen molar-refractivity contribution in [3.05, 3.63) is 0 Å². The van der Waals surface area contributed by atoms with Gasteiger partial charge in [-0.3, -0.25) is 67.1 Å². The van der Waals surface area contributed by atoms with E-state index in [9.17, 15) is 77.3 Å². The number of hydrogen-bond acceptors (Lipinski definition) is 16. The van der Waals surface area contributed by atoms with Gasteiger partial charge in [0.15, 0.2) is 0 Å². The van der Waals surface area contributed by atoms with Crippen LogP contribution in [0.4, 0.5) is 0 Å². The molecule has 0 spiro atoms. The molecule has 0 bridgehead atoms. The number of carbonyl (C=O) groups is 14. The van der Waals surface area contributed by atoms with Crippen LogP contribution in [0.3, 0.4) is 0 Å². The average Bonchev–Trinajstić information content (AvgIpc) is 3.08. The first kappa shape index (κ1) is 83.6. The maximum absolute atomic E-state index is 15.0. The van der Waals surface area contributed by atoms with Gasteiger partial charge in [0.05, 0.1) is 14.2 Å². The number of amides is 8. The van der Waals surface area contributed by atoms with Crippen LogP contribution in [-0.2, 0) is 76.6 Å². The number of nitrogens with one attached hydrogen (secondary N) is 4. The molecular weight excluding hydrogens is 1190 g/mol. The smallest absolute Gasteiger partial charge is 0.305 e. The van der Waals surface area contributed by atoms with Crippen LogP contribution in [0.2, 0.25) is 0 Å². The number of ether oxygens (including phenoxy) is 2. The lowest BCUT2D eigenvalue weighted by Gasteiger charge is -2.35. The quantitative estimate of drug-likeness (QED) is 0.0306.